The van der Waals surface area contributed by atoms with Crippen LogP contribution in [0, 0.1) is 5.92 Å². The number of hydrogen-bond donors (Lipinski definition) is 3. The van der Waals surface area contributed by atoms with Crippen LogP contribution in [0.25, 0.3) is 0 Å². The maximum atomic E-state index is 9.67. The van der Waals surface area contributed by atoms with Gasteiger partial charge in [0.25, 0.3) is 0 Å². The van der Waals surface area contributed by atoms with Gasteiger partial charge in [0.05, 0.1) is 6.10 Å². The minimum absolute atomic E-state index is 0. The fourth-order valence-electron chi connectivity index (χ4n) is 2.38. The highest BCUT2D eigenvalue weighted by molar-refractivity contribution is 5.85. The second-order valence-corrected chi connectivity index (χ2v) is 4.18. The largest absolute Gasteiger partial charge is 0.390 e. The summed E-state index contributed by atoms with van der Waals surface area (Å²) in [6, 6.07) is 0.330. The van der Waals surface area contributed by atoms with Gasteiger partial charge in [-0.05, 0) is 25.4 Å². The molecule has 0 amide bonds. The molecule has 3 atom stereocenters. The average Bonchev–Trinajstić information content (AvgIpc) is 2.71. The molecule has 0 spiro atoms. The van der Waals surface area contributed by atoms with Crippen LogP contribution in [0.2, 0.25) is 0 Å². The molecule has 2 aliphatic heterocycles. The lowest BCUT2D eigenvalue weighted by molar-refractivity contribution is 0.0963. The van der Waals surface area contributed by atoms with Gasteiger partial charge in [-0.15, -0.1) is 12.4 Å². The van der Waals surface area contributed by atoms with E-state index >= 15 is 0 Å². The molecule has 5 heteroatoms. The van der Waals surface area contributed by atoms with Crippen LogP contribution in [0.5, 0.6) is 0 Å². The van der Waals surface area contributed by atoms with Gasteiger partial charge in [-0.3, -0.25) is 4.90 Å². The number of hydrogen-bond acceptors (Lipinski definition) is 4. The van der Waals surface area contributed by atoms with Crippen molar-refractivity contribution in [2.45, 2.75) is 18.6 Å². The predicted octanol–water partition coefficient (Wildman–Crippen LogP) is -0.978. The minimum atomic E-state index is -0.184. The summed E-state index contributed by atoms with van der Waals surface area (Å²) in [5.74, 6) is 0.646. The first-order valence-electron chi connectivity index (χ1n) is 5.14. The molecule has 4 nitrogen and oxygen atoms in total. The highest BCUT2D eigenvalue weighted by atomic mass is 35.5. The third-order valence-electron chi connectivity index (χ3n) is 3.27. The molecular formula is C9H20ClN3O. The van der Waals surface area contributed by atoms with Gasteiger partial charge in [-0.1, -0.05) is 0 Å². The van der Waals surface area contributed by atoms with E-state index in [1.807, 2.05) is 0 Å². The van der Waals surface area contributed by atoms with E-state index in [9.17, 15) is 5.11 Å². The smallest absolute Gasteiger partial charge is 0.0831 e. The SMILES string of the molecule is Cl.NCC1CCN([C@@H]2CNC[C@H]2O)C1. The van der Waals surface area contributed by atoms with Crippen LogP contribution < -0.4 is 11.1 Å². The van der Waals surface area contributed by atoms with Crippen LogP contribution in [-0.2, 0) is 0 Å². The third kappa shape index (κ3) is 2.38. The van der Waals surface area contributed by atoms with Crippen molar-refractivity contribution in [3.63, 3.8) is 0 Å². The summed E-state index contributed by atoms with van der Waals surface area (Å²) in [7, 11) is 0. The van der Waals surface area contributed by atoms with Crippen LogP contribution >= 0.6 is 12.4 Å². The standard InChI is InChI=1S/C9H19N3O.ClH/c10-3-7-1-2-12(6-7)8-4-11-5-9(8)13;/h7-9,11,13H,1-6,10H2;1H/t7?,8-,9-;/m1./s1. The molecule has 2 fully saturated rings. The zero-order valence-corrected chi connectivity index (χ0v) is 9.17. The van der Waals surface area contributed by atoms with Gasteiger partial charge in [-0.25, -0.2) is 0 Å². The van der Waals surface area contributed by atoms with Crippen molar-refractivity contribution in [1.29, 1.82) is 0 Å². The van der Waals surface area contributed by atoms with Gasteiger partial charge >= 0.3 is 0 Å². The first-order valence-corrected chi connectivity index (χ1v) is 5.14. The minimum Gasteiger partial charge on any atom is -0.390 e. The van der Waals surface area contributed by atoms with Crippen molar-refractivity contribution in [2.24, 2.45) is 11.7 Å². The van der Waals surface area contributed by atoms with Crippen molar-refractivity contribution in [2.75, 3.05) is 32.7 Å². The summed E-state index contributed by atoms with van der Waals surface area (Å²) in [5, 5.41) is 12.9. The van der Waals surface area contributed by atoms with Crippen LogP contribution in [0.3, 0.4) is 0 Å². The van der Waals surface area contributed by atoms with E-state index in [1.54, 1.807) is 0 Å². The van der Waals surface area contributed by atoms with Crippen LogP contribution in [0.4, 0.5) is 0 Å². The van der Waals surface area contributed by atoms with Crippen molar-refractivity contribution in [3.8, 4) is 0 Å². The van der Waals surface area contributed by atoms with E-state index in [0.29, 0.717) is 12.0 Å². The highest BCUT2D eigenvalue weighted by Gasteiger charge is 2.34. The summed E-state index contributed by atoms with van der Waals surface area (Å²) >= 11 is 0. The molecule has 0 aliphatic carbocycles. The first-order chi connectivity index (χ1) is 6.31. The Balaban J connectivity index is 0.000000980. The fourth-order valence-corrected chi connectivity index (χ4v) is 2.38. The van der Waals surface area contributed by atoms with Gasteiger partial charge in [-0.2, -0.15) is 0 Å². The van der Waals surface area contributed by atoms with Gasteiger partial charge in [0, 0.05) is 25.7 Å². The Morgan fingerprint density at radius 3 is 2.71 bits per heavy atom. The van der Waals surface area contributed by atoms with Gasteiger partial charge < -0.3 is 16.2 Å². The molecule has 14 heavy (non-hydrogen) atoms. The normalized spacial score (nSPS) is 38.6. The Bertz CT molecular complexity index is 181. The molecule has 4 N–H and O–H groups in total. The maximum Gasteiger partial charge on any atom is 0.0831 e. The van der Waals surface area contributed by atoms with Gasteiger partial charge in [0.1, 0.15) is 0 Å². The number of aliphatic hydroxyl groups is 1. The molecule has 2 saturated heterocycles. The van der Waals surface area contributed by atoms with Crippen molar-refractivity contribution in [3.05, 3.63) is 0 Å². The molecule has 0 bridgehead atoms. The Kier molecular flexibility index (Phi) is 4.60. The summed E-state index contributed by atoms with van der Waals surface area (Å²) in [6.07, 6.45) is 1.01. The van der Waals surface area contributed by atoms with E-state index in [2.05, 4.69) is 10.2 Å². The Hall–Kier alpha value is 0.130. The van der Waals surface area contributed by atoms with Gasteiger partial charge in [0.15, 0.2) is 0 Å². The molecule has 2 heterocycles. The lowest BCUT2D eigenvalue weighted by atomic mass is 10.1. The Labute approximate surface area is 91.2 Å². The van der Waals surface area contributed by atoms with Crippen molar-refractivity contribution >= 4 is 12.4 Å². The number of aliphatic hydroxyl groups excluding tert-OH is 1. The van der Waals surface area contributed by atoms with Crippen LogP contribution in [0.1, 0.15) is 6.42 Å². The maximum absolute atomic E-state index is 9.67. The Morgan fingerprint density at radius 2 is 2.21 bits per heavy atom. The molecule has 0 aromatic rings. The molecule has 84 valence electrons. The van der Waals surface area contributed by atoms with E-state index in [4.69, 9.17) is 5.73 Å². The molecule has 1 unspecified atom stereocenters. The lowest BCUT2D eigenvalue weighted by Gasteiger charge is -2.25. The monoisotopic (exact) mass is 221 g/mol. The number of likely N-dealkylation sites (tertiary alicyclic amines) is 1. The van der Waals surface area contributed by atoms with E-state index in [-0.39, 0.29) is 18.5 Å². The fraction of sp³-hybridized carbons (Fsp3) is 1.00. The molecule has 0 aromatic carbocycles. The Morgan fingerprint density at radius 1 is 1.43 bits per heavy atom. The van der Waals surface area contributed by atoms with Gasteiger partial charge in [0.2, 0.25) is 0 Å². The molecular weight excluding hydrogens is 202 g/mol. The number of nitrogens with zero attached hydrogens (tertiary/aromatic N) is 1. The molecule has 0 aromatic heterocycles. The second kappa shape index (κ2) is 5.28. The number of nitrogens with one attached hydrogen (secondary N) is 1. The second-order valence-electron chi connectivity index (χ2n) is 4.18. The average molecular weight is 222 g/mol. The zero-order valence-electron chi connectivity index (χ0n) is 8.35. The first kappa shape index (κ1) is 12.2. The lowest BCUT2D eigenvalue weighted by Crippen LogP contribution is -2.42. The predicted molar refractivity (Wildman–Crippen MR) is 58.6 cm³/mol. The summed E-state index contributed by atoms with van der Waals surface area (Å²) in [5.41, 5.74) is 5.62. The third-order valence-corrected chi connectivity index (χ3v) is 3.27. The summed E-state index contributed by atoms with van der Waals surface area (Å²) < 4.78 is 0. The number of rotatable bonds is 2. The van der Waals surface area contributed by atoms with Crippen molar-refractivity contribution in [1.82, 2.24) is 10.2 Å². The molecule has 2 rings (SSSR count). The van der Waals surface area contributed by atoms with E-state index < -0.39 is 0 Å². The van der Waals surface area contributed by atoms with E-state index in [0.717, 1.165) is 32.7 Å². The molecule has 0 saturated carbocycles. The number of β-amino-alcohol motifs (C(OH)–C–C–N with tert-alkyl or cyclic N) is 1. The quantitative estimate of drug-likeness (QED) is 0.561. The zero-order chi connectivity index (χ0) is 9.26. The number of halogens is 1. The molecule has 2 aliphatic rings. The summed E-state index contributed by atoms with van der Waals surface area (Å²) in [4.78, 5) is 2.38. The molecule has 0 radical (unpaired) electrons. The topological polar surface area (TPSA) is 61.5 Å². The van der Waals surface area contributed by atoms with Crippen LogP contribution in [-0.4, -0.2) is 54.9 Å². The van der Waals surface area contributed by atoms with E-state index in [1.165, 1.54) is 6.42 Å². The van der Waals surface area contributed by atoms with Crippen LogP contribution in [0.15, 0.2) is 0 Å². The van der Waals surface area contributed by atoms with Crippen molar-refractivity contribution < 1.29 is 5.11 Å². The highest BCUT2D eigenvalue weighted by Crippen LogP contribution is 2.20. The summed E-state index contributed by atoms with van der Waals surface area (Å²) in [6.45, 7) is 4.63. The number of nitrogens with two attached hydrogens (primary N) is 1.